The number of hydrogen-bond acceptors (Lipinski definition) is 7. The summed E-state index contributed by atoms with van der Waals surface area (Å²) in [6, 6.07) is -0.973. The molecule has 9 nitrogen and oxygen atoms in total. The van der Waals surface area contributed by atoms with Crippen molar-refractivity contribution >= 4 is 13.7 Å². The Morgan fingerprint density at radius 1 is 0.709 bits per heavy atom. The average molecular weight is 791 g/mol. The fourth-order valence-corrected chi connectivity index (χ4v) is 6.04. The molecule has 3 N–H and O–H groups in total. The van der Waals surface area contributed by atoms with Crippen molar-refractivity contribution in [2.24, 2.45) is 0 Å². The number of amides is 1. The van der Waals surface area contributed by atoms with Crippen molar-refractivity contribution in [3.63, 3.8) is 0 Å². The van der Waals surface area contributed by atoms with Crippen LogP contribution in [0.1, 0.15) is 136 Å². The lowest BCUT2D eigenvalue weighted by molar-refractivity contribution is -0.870. The quantitative estimate of drug-likeness (QED) is 0.0190. The zero-order valence-electron chi connectivity index (χ0n) is 35.2. The molecule has 0 bridgehead atoms. The van der Waals surface area contributed by atoms with E-state index in [1.54, 1.807) is 12.2 Å². The van der Waals surface area contributed by atoms with Crippen LogP contribution in [0.3, 0.4) is 0 Å². The van der Waals surface area contributed by atoms with Gasteiger partial charge in [0, 0.05) is 6.42 Å². The first kappa shape index (κ1) is 52.6. The average Bonchev–Trinajstić information content (AvgIpc) is 3.13. The topological polar surface area (TPSA) is 128 Å². The molecule has 0 saturated heterocycles. The van der Waals surface area contributed by atoms with E-state index in [2.05, 4.69) is 55.6 Å². The first-order valence-corrected chi connectivity index (χ1v) is 22.5. The van der Waals surface area contributed by atoms with Crippen LogP contribution >= 0.6 is 7.82 Å². The fraction of sp³-hybridized carbons (Fsp3) is 0.667. The normalized spacial score (nSPS) is 15.9. The standard InChI is InChI=1S/C45H79N2O7P/c1-6-8-10-12-14-16-18-20-22-24-26-28-31-35-42(48)36-32-30-34-38-45(50)46-43(41-54-55(51,52)53-40-39-47(3,4)5)44(49)37-33-29-27-25-23-21-19-17-15-13-11-9-7-2/h8,10,14,16,20,22,26,28,30-33,35,37,42-44,48-49H,6-7,9,11-13,15,17-19,21,23-25,27,29,34,36,38-41H2,1-5H3,(H-,46,50,51,52)/b10-8-,16-14-,22-20-,28-26-,32-30-,35-31-,37-33+/t42?,43-,44+/m0/s1. The van der Waals surface area contributed by atoms with E-state index in [0.717, 1.165) is 44.9 Å². The van der Waals surface area contributed by atoms with Crippen LogP contribution in [0.25, 0.3) is 0 Å². The number of likely N-dealkylation sites (N-methyl/N-ethyl adjacent to an activating group) is 1. The maximum Gasteiger partial charge on any atom is 0.268 e. The Balaban J connectivity index is 4.73. The SMILES string of the molecule is CC/C=C\C/C=C\C/C=C\C/C=C\C=C/C(O)C/C=C\CCC(=O)N[C@@H](COP(=O)([O-])OCC[N+](C)(C)C)[C@H](O)/C=C/CCCCCCCCCCCCC. The maximum absolute atomic E-state index is 12.8. The zero-order chi connectivity index (χ0) is 40.9. The molecule has 0 aromatic carbocycles. The van der Waals surface area contributed by atoms with Gasteiger partial charge >= 0.3 is 0 Å². The van der Waals surface area contributed by atoms with Crippen molar-refractivity contribution < 1.29 is 38.0 Å². The van der Waals surface area contributed by atoms with Crippen LogP contribution in [0.15, 0.2) is 85.1 Å². The van der Waals surface area contributed by atoms with Crippen molar-refractivity contribution in [3.05, 3.63) is 85.1 Å². The molecule has 0 radical (unpaired) electrons. The summed E-state index contributed by atoms with van der Waals surface area (Å²) in [5.74, 6) is -0.345. The predicted molar refractivity (Wildman–Crippen MR) is 229 cm³/mol. The monoisotopic (exact) mass is 791 g/mol. The Hall–Kier alpha value is -2.36. The molecule has 0 fully saturated rings. The van der Waals surface area contributed by atoms with E-state index < -0.39 is 32.7 Å². The highest BCUT2D eigenvalue weighted by molar-refractivity contribution is 7.45. The molecule has 0 heterocycles. The second kappa shape index (κ2) is 36.0. The van der Waals surface area contributed by atoms with Gasteiger partial charge in [-0.25, -0.2) is 0 Å². The Bertz CT molecular complexity index is 1190. The number of unbranched alkanes of at least 4 members (excludes halogenated alkanes) is 11. The second-order valence-corrected chi connectivity index (χ2v) is 16.6. The largest absolute Gasteiger partial charge is 0.756 e. The molecular formula is C45H79N2O7P. The van der Waals surface area contributed by atoms with E-state index in [9.17, 15) is 24.5 Å². The summed E-state index contributed by atoms with van der Waals surface area (Å²) in [7, 11) is 1.13. The molecule has 55 heavy (non-hydrogen) atoms. The molecule has 0 spiro atoms. The molecule has 0 rings (SSSR count). The van der Waals surface area contributed by atoms with Crippen LogP contribution in [0, 0.1) is 0 Å². The van der Waals surface area contributed by atoms with E-state index in [4.69, 9.17) is 9.05 Å². The van der Waals surface area contributed by atoms with Gasteiger partial charge in [0.25, 0.3) is 7.82 Å². The molecule has 0 aromatic heterocycles. The van der Waals surface area contributed by atoms with Crippen LogP contribution in [0.5, 0.6) is 0 Å². The van der Waals surface area contributed by atoms with Crippen LogP contribution in [-0.4, -0.2) is 79.8 Å². The molecule has 2 unspecified atom stereocenters. The number of phosphoric acid groups is 1. The molecule has 1 amide bonds. The lowest BCUT2D eigenvalue weighted by atomic mass is 10.0. The van der Waals surface area contributed by atoms with Crippen LogP contribution in [0.4, 0.5) is 0 Å². The Labute approximate surface area is 336 Å². The summed E-state index contributed by atoms with van der Waals surface area (Å²) in [6.45, 7) is 4.35. The van der Waals surface area contributed by atoms with E-state index in [0.29, 0.717) is 23.9 Å². The summed E-state index contributed by atoms with van der Waals surface area (Å²) in [6.07, 6.45) is 45.1. The van der Waals surface area contributed by atoms with Gasteiger partial charge in [-0.15, -0.1) is 0 Å². The third kappa shape index (κ3) is 38.3. The molecule has 4 atom stereocenters. The third-order valence-electron chi connectivity index (χ3n) is 8.70. The number of allylic oxidation sites excluding steroid dienone is 11. The second-order valence-electron chi connectivity index (χ2n) is 15.2. The van der Waals surface area contributed by atoms with Gasteiger partial charge in [0.2, 0.25) is 5.91 Å². The number of hydrogen-bond donors (Lipinski definition) is 3. The third-order valence-corrected chi connectivity index (χ3v) is 9.67. The Morgan fingerprint density at radius 2 is 1.29 bits per heavy atom. The van der Waals surface area contributed by atoms with E-state index >= 15 is 0 Å². The number of carbonyl (C=O) groups excluding carboxylic acids is 1. The summed E-state index contributed by atoms with van der Waals surface area (Å²) < 4.78 is 23.1. The molecule has 0 aliphatic rings. The first-order chi connectivity index (χ1) is 26.4. The number of nitrogens with one attached hydrogen (secondary N) is 1. The van der Waals surface area contributed by atoms with E-state index in [1.807, 2.05) is 57.6 Å². The highest BCUT2D eigenvalue weighted by atomic mass is 31.2. The molecule has 0 aliphatic carbocycles. The lowest BCUT2D eigenvalue weighted by Crippen LogP contribution is -2.45. The number of carbonyl (C=O) groups is 1. The smallest absolute Gasteiger partial charge is 0.268 e. The van der Waals surface area contributed by atoms with Crippen LogP contribution < -0.4 is 10.2 Å². The number of nitrogens with zero attached hydrogens (tertiary/aromatic N) is 1. The highest BCUT2D eigenvalue weighted by Crippen LogP contribution is 2.38. The number of aliphatic hydroxyl groups excluding tert-OH is 2. The van der Waals surface area contributed by atoms with Crippen LogP contribution in [0.2, 0.25) is 0 Å². The summed E-state index contributed by atoms with van der Waals surface area (Å²) in [4.78, 5) is 25.2. The van der Waals surface area contributed by atoms with E-state index in [1.165, 1.54) is 57.8 Å². The van der Waals surface area contributed by atoms with Crippen molar-refractivity contribution in [2.45, 2.75) is 154 Å². The maximum atomic E-state index is 12.8. The molecule has 316 valence electrons. The van der Waals surface area contributed by atoms with Gasteiger partial charge < -0.3 is 34.0 Å². The number of phosphoric ester groups is 1. The fourth-order valence-electron chi connectivity index (χ4n) is 5.32. The number of quaternary nitrogens is 1. The molecule has 0 aliphatic heterocycles. The minimum absolute atomic E-state index is 0.0377. The van der Waals surface area contributed by atoms with Gasteiger partial charge in [0.05, 0.1) is 46.0 Å². The van der Waals surface area contributed by atoms with Crippen LogP contribution in [-0.2, 0) is 18.4 Å². The summed E-state index contributed by atoms with van der Waals surface area (Å²) in [5.41, 5.74) is 0. The lowest BCUT2D eigenvalue weighted by Gasteiger charge is -2.29. The molecule has 0 saturated carbocycles. The molecule has 10 heteroatoms. The summed E-state index contributed by atoms with van der Waals surface area (Å²) >= 11 is 0. The van der Waals surface area contributed by atoms with Crippen molar-refractivity contribution in [1.29, 1.82) is 0 Å². The zero-order valence-corrected chi connectivity index (χ0v) is 36.1. The van der Waals surface area contributed by atoms with Gasteiger partial charge in [-0.2, -0.15) is 0 Å². The van der Waals surface area contributed by atoms with Crippen molar-refractivity contribution in [3.8, 4) is 0 Å². The molecule has 0 aromatic rings. The predicted octanol–water partition coefficient (Wildman–Crippen LogP) is 9.75. The van der Waals surface area contributed by atoms with Gasteiger partial charge in [-0.05, 0) is 51.4 Å². The first-order valence-electron chi connectivity index (χ1n) is 21.1. The van der Waals surface area contributed by atoms with Crippen molar-refractivity contribution in [1.82, 2.24) is 5.32 Å². The minimum atomic E-state index is -4.64. The van der Waals surface area contributed by atoms with Gasteiger partial charge in [0.15, 0.2) is 0 Å². The molecular weight excluding hydrogens is 711 g/mol. The highest BCUT2D eigenvalue weighted by Gasteiger charge is 2.23. The minimum Gasteiger partial charge on any atom is -0.756 e. The number of aliphatic hydroxyl groups is 2. The van der Waals surface area contributed by atoms with Gasteiger partial charge in [-0.1, -0.05) is 163 Å². The Morgan fingerprint density at radius 3 is 1.89 bits per heavy atom. The van der Waals surface area contributed by atoms with Gasteiger partial charge in [0.1, 0.15) is 13.2 Å². The van der Waals surface area contributed by atoms with E-state index in [-0.39, 0.29) is 18.9 Å². The Kier molecular flexibility index (Phi) is 34.5. The van der Waals surface area contributed by atoms with Gasteiger partial charge in [-0.3, -0.25) is 9.36 Å². The van der Waals surface area contributed by atoms with Crippen molar-refractivity contribution in [2.75, 3.05) is 40.9 Å². The summed E-state index contributed by atoms with van der Waals surface area (Å²) in [5, 5.41) is 23.9. The number of rotatable bonds is 36.